The Hall–Kier alpha value is -2.92. The van der Waals surface area contributed by atoms with E-state index in [1.165, 1.54) is 0 Å². The van der Waals surface area contributed by atoms with Gasteiger partial charge in [-0.25, -0.2) is 4.98 Å². The Morgan fingerprint density at radius 3 is 2.80 bits per heavy atom. The molecule has 4 nitrogen and oxygen atoms in total. The minimum atomic E-state index is -0.0280. The summed E-state index contributed by atoms with van der Waals surface area (Å²) in [5.41, 5.74) is 2.08. The van der Waals surface area contributed by atoms with Gasteiger partial charge in [-0.3, -0.25) is 4.79 Å². The van der Waals surface area contributed by atoms with Crippen molar-refractivity contribution in [1.82, 2.24) is 9.88 Å². The van der Waals surface area contributed by atoms with E-state index in [-0.39, 0.29) is 5.91 Å². The summed E-state index contributed by atoms with van der Waals surface area (Å²) in [6.07, 6.45) is 1.61. The number of thiophene rings is 1. The maximum atomic E-state index is 13.1. The average molecular weight is 348 g/mol. The summed E-state index contributed by atoms with van der Waals surface area (Å²) in [6, 6.07) is 17.2. The zero-order chi connectivity index (χ0) is 17.2. The fourth-order valence-electron chi connectivity index (χ4n) is 2.82. The lowest BCUT2D eigenvalue weighted by atomic mass is 10.1. The van der Waals surface area contributed by atoms with Gasteiger partial charge >= 0.3 is 0 Å². The largest absolute Gasteiger partial charge is 0.463 e. The topological polar surface area (TPSA) is 46.3 Å². The van der Waals surface area contributed by atoms with Crippen molar-refractivity contribution in [3.05, 3.63) is 76.7 Å². The summed E-state index contributed by atoms with van der Waals surface area (Å²) >= 11 is 1.65. The molecule has 0 bridgehead atoms. The minimum absolute atomic E-state index is 0.0280. The lowest BCUT2D eigenvalue weighted by Gasteiger charge is -2.18. The maximum Gasteiger partial charge on any atom is 0.254 e. The lowest BCUT2D eigenvalue weighted by molar-refractivity contribution is 0.0788. The number of aromatic nitrogens is 1. The standard InChI is InChI=1S/C20H16N2O2S/c1-22(13-14-6-5-11-25-14)20(23)16-12-18(19-9-4-10-24-19)21-17-8-3-2-7-15(16)17/h2-12H,13H2,1H3. The van der Waals surface area contributed by atoms with Crippen LogP contribution in [0.15, 0.2) is 70.7 Å². The molecular formula is C20H16N2O2S. The van der Waals surface area contributed by atoms with Gasteiger partial charge in [-0.05, 0) is 35.7 Å². The number of rotatable bonds is 4. The van der Waals surface area contributed by atoms with Crippen LogP contribution in [0.4, 0.5) is 0 Å². The van der Waals surface area contributed by atoms with E-state index >= 15 is 0 Å². The summed E-state index contributed by atoms with van der Waals surface area (Å²) in [6.45, 7) is 0.587. The molecule has 0 aliphatic heterocycles. The van der Waals surface area contributed by atoms with Crippen LogP contribution < -0.4 is 0 Å². The number of hydrogen-bond acceptors (Lipinski definition) is 4. The Bertz CT molecular complexity index is 1010. The molecule has 0 aliphatic carbocycles. The first kappa shape index (κ1) is 15.6. The molecule has 0 saturated heterocycles. The number of benzene rings is 1. The highest BCUT2D eigenvalue weighted by Crippen LogP contribution is 2.26. The summed E-state index contributed by atoms with van der Waals surface area (Å²) in [7, 11) is 1.82. The minimum Gasteiger partial charge on any atom is -0.463 e. The lowest BCUT2D eigenvalue weighted by Crippen LogP contribution is -2.26. The third-order valence-electron chi connectivity index (χ3n) is 4.04. The molecule has 3 aromatic heterocycles. The normalized spacial score (nSPS) is 10.9. The van der Waals surface area contributed by atoms with Crippen LogP contribution in [0.1, 0.15) is 15.2 Å². The molecular weight excluding hydrogens is 332 g/mol. The predicted octanol–water partition coefficient (Wildman–Crippen LogP) is 4.83. The smallest absolute Gasteiger partial charge is 0.254 e. The van der Waals surface area contributed by atoms with Gasteiger partial charge < -0.3 is 9.32 Å². The van der Waals surface area contributed by atoms with Crippen LogP contribution in [0.25, 0.3) is 22.4 Å². The van der Waals surface area contributed by atoms with Crippen molar-refractivity contribution in [1.29, 1.82) is 0 Å². The van der Waals surface area contributed by atoms with Gasteiger partial charge in [0, 0.05) is 17.3 Å². The van der Waals surface area contributed by atoms with Crippen molar-refractivity contribution < 1.29 is 9.21 Å². The number of pyridine rings is 1. The number of nitrogens with zero attached hydrogens (tertiary/aromatic N) is 2. The Morgan fingerprint density at radius 2 is 2.04 bits per heavy atom. The van der Waals surface area contributed by atoms with E-state index in [4.69, 9.17) is 4.42 Å². The van der Waals surface area contributed by atoms with E-state index < -0.39 is 0 Å². The number of para-hydroxylation sites is 1. The third-order valence-corrected chi connectivity index (χ3v) is 4.90. The molecule has 3 heterocycles. The molecule has 1 aromatic carbocycles. The van der Waals surface area contributed by atoms with E-state index in [2.05, 4.69) is 4.98 Å². The van der Waals surface area contributed by atoms with Crippen LogP contribution in [-0.4, -0.2) is 22.8 Å². The number of amides is 1. The average Bonchev–Trinajstić information content (AvgIpc) is 3.34. The zero-order valence-electron chi connectivity index (χ0n) is 13.7. The summed E-state index contributed by atoms with van der Waals surface area (Å²) in [4.78, 5) is 20.6. The first-order chi connectivity index (χ1) is 12.2. The first-order valence-electron chi connectivity index (χ1n) is 7.94. The van der Waals surface area contributed by atoms with Gasteiger partial charge in [0.05, 0.1) is 23.9 Å². The van der Waals surface area contributed by atoms with Crippen LogP contribution >= 0.6 is 11.3 Å². The zero-order valence-corrected chi connectivity index (χ0v) is 14.5. The second kappa shape index (κ2) is 6.53. The Morgan fingerprint density at radius 1 is 1.16 bits per heavy atom. The molecule has 0 aliphatic rings. The van der Waals surface area contributed by atoms with Gasteiger partial charge in [0.15, 0.2) is 5.76 Å². The highest BCUT2D eigenvalue weighted by Gasteiger charge is 2.18. The molecule has 0 atom stereocenters. The van der Waals surface area contributed by atoms with Crippen molar-refractivity contribution in [3.8, 4) is 11.5 Å². The van der Waals surface area contributed by atoms with Gasteiger partial charge in [-0.1, -0.05) is 24.3 Å². The highest BCUT2D eigenvalue weighted by molar-refractivity contribution is 7.09. The van der Waals surface area contributed by atoms with E-state index in [9.17, 15) is 4.79 Å². The van der Waals surface area contributed by atoms with Crippen molar-refractivity contribution in [3.63, 3.8) is 0 Å². The second-order valence-corrected chi connectivity index (χ2v) is 6.82. The van der Waals surface area contributed by atoms with Crippen LogP contribution in [0.3, 0.4) is 0 Å². The van der Waals surface area contributed by atoms with Crippen molar-refractivity contribution in [2.75, 3.05) is 7.05 Å². The van der Waals surface area contributed by atoms with E-state index in [0.29, 0.717) is 23.6 Å². The van der Waals surface area contributed by atoms with Gasteiger partial charge in [-0.2, -0.15) is 0 Å². The molecule has 0 N–H and O–H groups in total. The number of carbonyl (C=O) groups excluding carboxylic acids is 1. The molecule has 0 spiro atoms. The molecule has 0 radical (unpaired) electrons. The molecule has 124 valence electrons. The molecule has 0 saturated carbocycles. The SMILES string of the molecule is CN(Cc1cccs1)C(=O)c1cc(-c2ccco2)nc2ccccc12. The first-order valence-corrected chi connectivity index (χ1v) is 8.82. The second-order valence-electron chi connectivity index (χ2n) is 5.79. The molecule has 1 amide bonds. The van der Waals surface area contributed by atoms with Crippen molar-refractivity contribution >= 4 is 28.1 Å². The van der Waals surface area contributed by atoms with Crippen LogP contribution in [0.2, 0.25) is 0 Å². The van der Waals surface area contributed by atoms with E-state index in [1.807, 2.05) is 67.0 Å². The molecule has 0 unspecified atom stereocenters. The number of furan rings is 1. The van der Waals surface area contributed by atoms with Crippen LogP contribution in [0.5, 0.6) is 0 Å². The fraction of sp³-hybridized carbons (Fsp3) is 0.100. The highest BCUT2D eigenvalue weighted by atomic mass is 32.1. The molecule has 4 aromatic rings. The van der Waals surface area contributed by atoms with Crippen LogP contribution in [-0.2, 0) is 6.54 Å². The predicted molar refractivity (Wildman–Crippen MR) is 99.6 cm³/mol. The van der Waals surface area contributed by atoms with Crippen molar-refractivity contribution in [2.45, 2.75) is 6.54 Å². The third kappa shape index (κ3) is 3.06. The van der Waals surface area contributed by atoms with Gasteiger partial charge in [0.2, 0.25) is 0 Å². The Balaban J connectivity index is 1.78. The molecule has 25 heavy (non-hydrogen) atoms. The van der Waals surface area contributed by atoms with E-state index in [1.54, 1.807) is 22.5 Å². The summed E-state index contributed by atoms with van der Waals surface area (Å²) < 4.78 is 5.46. The van der Waals surface area contributed by atoms with Crippen molar-refractivity contribution in [2.24, 2.45) is 0 Å². The Kier molecular flexibility index (Phi) is 4.07. The van der Waals surface area contributed by atoms with Gasteiger partial charge in [0.1, 0.15) is 5.69 Å². The Labute approximate surface area is 149 Å². The van der Waals surface area contributed by atoms with Gasteiger partial charge in [0.25, 0.3) is 5.91 Å². The monoisotopic (exact) mass is 348 g/mol. The molecule has 4 rings (SSSR count). The number of carbonyl (C=O) groups is 1. The number of fused-ring (bicyclic) bond motifs is 1. The maximum absolute atomic E-state index is 13.1. The van der Waals surface area contributed by atoms with E-state index in [0.717, 1.165) is 15.8 Å². The molecule has 5 heteroatoms. The quantitative estimate of drug-likeness (QED) is 0.531. The van der Waals surface area contributed by atoms with Crippen LogP contribution in [0, 0.1) is 0 Å². The summed E-state index contributed by atoms with van der Waals surface area (Å²) in [5.74, 6) is 0.625. The van der Waals surface area contributed by atoms with Gasteiger partial charge in [-0.15, -0.1) is 11.3 Å². The molecule has 0 fully saturated rings. The number of hydrogen-bond donors (Lipinski definition) is 0. The fourth-order valence-corrected chi connectivity index (χ4v) is 3.57. The summed E-state index contributed by atoms with van der Waals surface area (Å²) in [5, 5.41) is 2.87.